The van der Waals surface area contributed by atoms with Crippen LogP contribution in [0.4, 0.5) is 0 Å². The van der Waals surface area contributed by atoms with Crippen molar-refractivity contribution in [2.24, 2.45) is 5.73 Å². The number of rotatable bonds is 6. The van der Waals surface area contributed by atoms with Crippen LogP contribution in [0.2, 0.25) is 0 Å². The Kier molecular flexibility index (Phi) is 5.27. The number of nitrogens with one attached hydrogen (secondary N) is 2. The van der Waals surface area contributed by atoms with E-state index in [1.165, 1.54) is 19.1 Å². The first-order chi connectivity index (χ1) is 9.16. The zero-order valence-electron chi connectivity index (χ0n) is 11.9. The molecular weight excluding hydrogens is 278 g/mol. The van der Waals surface area contributed by atoms with Gasteiger partial charge in [0.05, 0.1) is 4.90 Å². The average Bonchev–Trinajstić information content (AvgIpc) is 2.35. The van der Waals surface area contributed by atoms with Gasteiger partial charge in [0.2, 0.25) is 15.9 Å². The van der Waals surface area contributed by atoms with Crippen LogP contribution in [-0.4, -0.2) is 26.4 Å². The van der Waals surface area contributed by atoms with E-state index in [2.05, 4.69) is 10.0 Å². The molecule has 20 heavy (non-hydrogen) atoms. The highest BCUT2D eigenvalue weighted by Gasteiger charge is 2.24. The van der Waals surface area contributed by atoms with E-state index in [0.717, 1.165) is 5.56 Å². The molecule has 112 valence electrons. The highest BCUT2D eigenvalue weighted by Crippen LogP contribution is 2.13. The van der Waals surface area contributed by atoms with Gasteiger partial charge in [-0.3, -0.25) is 4.79 Å². The summed E-state index contributed by atoms with van der Waals surface area (Å²) >= 11 is 0. The Morgan fingerprint density at radius 3 is 2.25 bits per heavy atom. The summed E-state index contributed by atoms with van der Waals surface area (Å²) in [4.78, 5) is 11.0. The minimum atomic E-state index is -3.60. The first kappa shape index (κ1) is 16.6. The third kappa shape index (κ3) is 4.92. The summed E-state index contributed by atoms with van der Waals surface area (Å²) in [6, 6.07) is 6.35. The standard InChI is InChI=1S/C13H21N3O3S/c1-10(17)15-8-11-4-6-12(7-5-11)20(18,19)16-13(2,3)9-14/h4-7,16H,8-9,14H2,1-3H3,(H,15,17). The average molecular weight is 299 g/mol. The molecule has 0 unspecified atom stereocenters. The topological polar surface area (TPSA) is 101 Å². The van der Waals surface area contributed by atoms with Crippen molar-refractivity contribution in [3.63, 3.8) is 0 Å². The van der Waals surface area contributed by atoms with E-state index in [1.54, 1.807) is 26.0 Å². The summed E-state index contributed by atoms with van der Waals surface area (Å²) in [5.74, 6) is -0.131. The number of sulfonamides is 1. The molecule has 0 aromatic heterocycles. The fourth-order valence-corrected chi connectivity index (χ4v) is 2.90. The third-order valence-corrected chi connectivity index (χ3v) is 4.41. The molecule has 1 amide bonds. The SMILES string of the molecule is CC(=O)NCc1ccc(S(=O)(=O)NC(C)(C)CN)cc1. The van der Waals surface area contributed by atoms with Crippen molar-refractivity contribution in [1.82, 2.24) is 10.0 Å². The summed E-state index contributed by atoms with van der Waals surface area (Å²) in [6.45, 7) is 5.44. The number of nitrogens with two attached hydrogens (primary N) is 1. The maximum Gasteiger partial charge on any atom is 0.241 e. The molecule has 7 heteroatoms. The summed E-state index contributed by atoms with van der Waals surface area (Å²) in [5, 5.41) is 2.65. The molecule has 0 heterocycles. The fourth-order valence-electron chi connectivity index (χ4n) is 1.48. The van der Waals surface area contributed by atoms with Crippen LogP contribution < -0.4 is 15.8 Å². The molecule has 0 fully saturated rings. The smallest absolute Gasteiger partial charge is 0.241 e. The van der Waals surface area contributed by atoms with Gasteiger partial charge < -0.3 is 11.1 Å². The third-order valence-electron chi connectivity index (χ3n) is 2.70. The van der Waals surface area contributed by atoms with Gasteiger partial charge in [0.1, 0.15) is 0 Å². The van der Waals surface area contributed by atoms with Crippen molar-refractivity contribution in [1.29, 1.82) is 0 Å². The molecule has 0 aliphatic heterocycles. The quantitative estimate of drug-likeness (QED) is 0.705. The Labute approximate surface area is 119 Å². The zero-order valence-corrected chi connectivity index (χ0v) is 12.8. The Bertz CT molecular complexity index is 565. The molecule has 0 saturated heterocycles. The normalized spacial score (nSPS) is 12.2. The number of hydrogen-bond acceptors (Lipinski definition) is 4. The molecule has 0 bridgehead atoms. The van der Waals surface area contributed by atoms with Crippen LogP contribution in [0.25, 0.3) is 0 Å². The van der Waals surface area contributed by atoms with Crippen molar-refractivity contribution in [3.05, 3.63) is 29.8 Å². The first-order valence-electron chi connectivity index (χ1n) is 6.24. The fraction of sp³-hybridized carbons (Fsp3) is 0.462. The maximum absolute atomic E-state index is 12.1. The van der Waals surface area contributed by atoms with Gasteiger partial charge in [0.15, 0.2) is 0 Å². The zero-order chi connectivity index (χ0) is 15.4. The van der Waals surface area contributed by atoms with Crippen LogP contribution >= 0.6 is 0 Å². The number of benzene rings is 1. The van der Waals surface area contributed by atoms with Gasteiger partial charge >= 0.3 is 0 Å². The van der Waals surface area contributed by atoms with Crippen molar-refractivity contribution in [2.45, 2.75) is 37.8 Å². The van der Waals surface area contributed by atoms with Crippen LogP contribution in [0.3, 0.4) is 0 Å². The lowest BCUT2D eigenvalue weighted by atomic mass is 10.1. The summed E-state index contributed by atoms with van der Waals surface area (Å²) < 4.78 is 26.8. The molecule has 0 radical (unpaired) electrons. The summed E-state index contributed by atoms with van der Waals surface area (Å²) in [7, 11) is -3.60. The lowest BCUT2D eigenvalue weighted by Gasteiger charge is -2.23. The molecule has 1 aromatic rings. The van der Waals surface area contributed by atoms with Gasteiger partial charge in [-0.15, -0.1) is 0 Å². The molecule has 0 spiro atoms. The lowest BCUT2D eigenvalue weighted by molar-refractivity contribution is -0.119. The second-order valence-electron chi connectivity index (χ2n) is 5.25. The van der Waals surface area contributed by atoms with E-state index in [4.69, 9.17) is 5.73 Å². The van der Waals surface area contributed by atoms with Gasteiger partial charge in [0.25, 0.3) is 0 Å². The van der Waals surface area contributed by atoms with Crippen molar-refractivity contribution < 1.29 is 13.2 Å². The van der Waals surface area contributed by atoms with E-state index < -0.39 is 15.6 Å². The first-order valence-corrected chi connectivity index (χ1v) is 7.72. The highest BCUT2D eigenvalue weighted by atomic mass is 32.2. The molecular formula is C13H21N3O3S. The van der Waals surface area contributed by atoms with Gasteiger partial charge in [-0.05, 0) is 31.5 Å². The number of carbonyl (C=O) groups is 1. The molecule has 1 aromatic carbocycles. The van der Waals surface area contributed by atoms with Crippen LogP contribution in [0.1, 0.15) is 26.3 Å². The second kappa shape index (κ2) is 6.34. The van der Waals surface area contributed by atoms with E-state index >= 15 is 0 Å². The van der Waals surface area contributed by atoms with Gasteiger partial charge in [-0.1, -0.05) is 12.1 Å². The Hall–Kier alpha value is -1.44. The van der Waals surface area contributed by atoms with Crippen molar-refractivity contribution >= 4 is 15.9 Å². The van der Waals surface area contributed by atoms with Crippen molar-refractivity contribution in [3.8, 4) is 0 Å². The molecule has 0 aliphatic rings. The predicted octanol–water partition coefficient (Wildman–Crippen LogP) is 0.338. The monoisotopic (exact) mass is 299 g/mol. The number of amides is 1. The summed E-state index contributed by atoms with van der Waals surface area (Å²) in [5.41, 5.74) is 5.65. The predicted molar refractivity (Wildman–Crippen MR) is 77.4 cm³/mol. The van der Waals surface area contributed by atoms with Crippen LogP contribution in [-0.2, 0) is 21.4 Å². The van der Waals surface area contributed by atoms with E-state index in [9.17, 15) is 13.2 Å². The summed E-state index contributed by atoms with van der Waals surface area (Å²) in [6.07, 6.45) is 0. The largest absolute Gasteiger partial charge is 0.352 e. The Morgan fingerprint density at radius 1 is 1.25 bits per heavy atom. The second-order valence-corrected chi connectivity index (χ2v) is 6.93. The van der Waals surface area contributed by atoms with Crippen LogP contribution in [0, 0.1) is 0 Å². The highest BCUT2D eigenvalue weighted by molar-refractivity contribution is 7.89. The van der Waals surface area contributed by atoms with Crippen molar-refractivity contribution in [2.75, 3.05) is 6.54 Å². The van der Waals surface area contributed by atoms with Crippen LogP contribution in [0.5, 0.6) is 0 Å². The van der Waals surface area contributed by atoms with Gasteiger partial charge in [-0.25, -0.2) is 13.1 Å². The van der Waals surface area contributed by atoms with Crippen LogP contribution in [0.15, 0.2) is 29.2 Å². The molecule has 0 aliphatic carbocycles. The molecule has 0 atom stereocenters. The maximum atomic E-state index is 12.1. The van der Waals surface area contributed by atoms with Gasteiger partial charge in [0, 0.05) is 25.6 Å². The molecule has 1 rings (SSSR count). The number of hydrogen-bond donors (Lipinski definition) is 3. The molecule has 4 N–H and O–H groups in total. The molecule has 6 nitrogen and oxygen atoms in total. The molecule has 0 saturated carbocycles. The van der Waals surface area contributed by atoms with Gasteiger partial charge in [-0.2, -0.15) is 0 Å². The van der Waals surface area contributed by atoms with E-state index in [-0.39, 0.29) is 17.3 Å². The Morgan fingerprint density at radius 2 is 1.80 bits per heavy atom. The minimum Gasteiger partial charge on any atom is -0.352 e. The number of carbonyl (C=O) groups excluding carboxylic acids is 1. The minimum absolute atomic E-state index is 0.131. The Balaban J connectivity index is 2.84. The van der Waals surface area contributed by atoms with E-state index in [0.29, 0.717) is 6.54 Å². The van der Waals surface area contributed by atoms with E-state index in [1.807, 2.05) is 0 Å². The lowest BCUT2D eigenvalue weighted by Crippen LogP contribution is -2.48.